The Morgan fingerprint density at radius 3 is 2.56 bits per heavy atom. The third kappa shape index (κ3) is 3.78. The number of benzene rings is 2. The summed E-state index contributed by atoms with van der Waals surface area (Å²) < 4.78 is 2.47. The zero-order chi connectivity index (χ0) is 18.8. The minimum atomic E-state index is 0.0190. The predicted molar refractivity (Wildman–Crippen MR) is 113 cm³/mol. The van der Waals surface area contributed by atoms with E-state index >= 15 is 0 Å². The summed E-state index contributed by atoms with van der Waals surface area (Å²) in [5.74, 6) is 0. The lowest BCUT2D eigenvalue weighted by Crippen LogP contribution is -2.42. The molecule has 0 fully saturated rings. The number of hydrogen-bond acceptors (Lipinski definition) is 4. The van der Waals surface area contributed by atoms with Crippen LogP contribution in [0.4, 0.5) is 5.69 Å². The lowest BCUT2D eigenvalue weighted by atomic mass is 10.1. The van der Waals surface area contributed by atoms with Crippen LogP contribution < -0.4 is 19.8 Å². The molecule has 5 heteroatoms. The van der Waals surface area contributed by atoms with Crippen LogP contribution in [0.15, 0.2) is 64.4 Å². The molecule has 1 aliphatic rings. The Hall–Kier alpha value is -2.92. The van der Waals surface area contributed by atoms with Gasteiger partial charge in [-0.15, -0.1) is 0 Å². The Balaban J connectivity index is 1.63. The number of nitrogens with zero attached hydrogens (tertiary/aromatic N) is 3. The fourth-order valence-corrected chi connectivity index (χ4v) is 4.15. The van der Waals surface area contributed by atoms with Crippen molar-refractivity contribution in [2.24, 2.45) is 4.99 Å². The van der Waals surface area contributed by atoms with Crippen LogP contribution in [0.25, 0.3) is 12.2 Å². The van der Waals surface area contributed by atoms with Gasteiger partial charge in [0.2, 0.25) is 0 Å². The summed E-state index contributed by atoms with van der Waals surface area (Å²) in [6, 6.07) is 16.5. The van der Waals surface area contributed by atoms with E-state index < -0.39 is 0 Å². The van der Waals surface area contributed by atoms with Gasteiger partial charge < -0.3 is 4.90 Å². The summed E-state index contributed by atoms with van der Waals surface area (Å²) in [7, 11) is 0. The van der Waals surface area contributed by atoms with E-state index in [1.807, 2.05) is 48.6 Å². The van der Waals surface area contributed by atoms with Gasteiger partial charge in [0.05, 0.1) is 4.53 Å². The van der Waals surface area contributed by atoms with E-state index in [1.54, 1.807) is 4.57 Å². The van der Waals surface area contributed by atoms with Gasteiger partial charge in [-0.05, 0) is 48.7 Å². The average molecular weight is 375 g/mol. The van der Waals surface area contributed by atoms with Gasteiger partial charge in [-0.2, -0.15) is 0 Å². The van der Waals surface area contributed by atoms with Crippen LogP contribution in [-0.4, -0.2) is 11.2 Å². The number of thiazole rings is 1. The molecular formula is C22H21N3OS. The van der Waals surface area contributed by atoms with Crippen LogP contribution in [0.3, 0.4) is 0 Å². The molecule has 4 nitrogen and oxygen atoms in total. The average Bonchev–Trinajstić information content (AvgIpc) is 2.97. The molecule has 3 aromatic rings. The molecule has 2 aromatic carbocycles. The molecule has 0 spiro atoms. The lowest BCUT2D eigenvalue weighted by Gasteiger charge is -2.26. The van der Waals surface area contributed by atoms with Crippen molar-refractivity contribution in [1.82, 2.24) is 4.57 Å². The van der Waals surface area contributed by atoms with Crippen molar-refractivity contribution in [2.75, 3.05) is 11.6 Å². The van der Waals surface area contributed by atoms with E-state index in [2.05, 4.69) is 41.9 Å². The molecule has 4 rings (SSSR count). The highest BCUT2D eigenvalue weighted by Gasteiger charge is 2.16. The minimum absolute atomic E-state index is 0.0190. The zero-order valence-corrected chi connectivity index (χ0v) is 16.2. The number of fused-ring (bicyclic) bond motifs is 1. The molecule has 1 aromatic heterocycles. The van der Waals surface area contributed by atoms with Crippen molar-refractivity contribution in [2.45, 2.75) is 20.5 Å². The Labute approximate surface area is 162 Å². The molecule has 136 valence electrons. The molecule has 0 saturated carbocycles. The number of anilines is 1. The maximum absolute atomic E-state index is 12.8. The van der Waals surface area contributed by atoms with Crippen LogP contribution in [0, 0.1) is 13.8 Å². The van der Waals surface area contributed by atoms with Gasteiger partial charge in [0.1, 0.15) is 13.3 Å². The van der Waals surface area contributed by atoms with Crippen molar-refractivity contribution in [1.29, 1.82) is 0 Å². The van der Waals surface area contributed by atoms with Crippen molar-refractivity contribution >= 4 is 29.2 Å². The molecule has 27 heavy (non-hydrogen) atoms. The SMILES string of the molecule is Cc1cc(C)cc(N2CN=c3sc(=CC=Cc4ccccc4)c(=O)n3C2)c1. The second-order valence-electron chi connectivity index (χ2n) is 6.75. The van der Waals surface area contributed by atoms with E-state index in [-0.39, 0.29) is 5.56 Å². The summed E-state index contributed by atoms with van der Waals surface area (Å²) in [5.41, 5.74) is 4.67. The minimum Gasteiger partial charge on any atom is -0.334 e. The van der Waals surface area contributed by atoms with Crippen LogP contribution in [0.2, 0.25) is 0 Å². The first kappa shape index (κ1) is 17.5. The maximum atomic E-state index is 12.8. The summed E-state index contributed by atoms with van der Waals surface area (Å²) in [6.07, 6.45) is 5.81. The molecule has 2 heterocycles. The molecule has 0 N–H and O–H groups in total. The van der Waals surface area contributed by atoms with Crippen molar-refractivity contribution < 1.29 is 0 Å². The van der Waals surface area contributed by atoms with Gasteiger partial charge in [-0.25, -0.2) is 4.99 Å². The van der Waals surface area contributed by atoms with Crippen LogP contribution in [-0.2, 0) is 6.67 Å². The third-order valence-electron chi connectivity index (χ3n) is 4.48. The van der Waals surface area contributed by atoms with E-state index in [4.69, 9.17) is 0 Å². The smallest absolute Gasteiger partial charge is 0.271 e. The van der Waals surface area contributed by atoms with Gasteiger partial charge in [-0.1, -0.05) is 59.9 Å². The number of allylic oxidation sites excluding steroid dienone is 1. The van der Waals surface area contributed by atoms with Crippen molar-refractivity contribution in [3.8, 4) is 0 Å². The fraction of sp³-hybridized carbons (Fsp3) is 0.182. The highest BCUT2D eigenvalue weighted by molar-refractivity contribution is 7.07. The van der Waals surface area contributed by atoms with E-state index in [0.717, 1.165) is 16.1 Å². The third-order valence-corrected chi connectivity index (χ3v) is 5.55. The standard InChI is InChI=1S/C22H21N3OS/c1-16-11-17(2)13-19(12-16)24-14-23-22-25(15-24)21(26)20(27-22)10-6-9-18-7-4-3-5-8-18/h3-13H,14-15H2,1-2H3. The Morgan fingerprint density at radius 2 is 1.81 bits per heavy atom. The molecule has 0 aliphatic carbocycles. The number of aryl methyl sites for hydroxylation is 2. The molecule has 0 unspecified atom stereocenters. The van der Waals surface area contributed by atoms with Gasteiger partial charge in [0.15, 0.2) is 4.80 Å². The Bertz CT molecular complexity index is 1150. The first-order valence-electron chi connectivity index (χ1n) is 8.91. The summed E-state index contributed by atoms with van der Waals surface area (Å²) >= 11 is 1.45. The molecule has 0 atom stereocenters. The summed E-state index contributed by atoms with van der Waals surface area (Å²) in [6.45, 7) is 5.28. The van der Waals surface area contributed by atoms with Gasteiger partial charge in [-0.3, -0.25) is 9.36 Å². The maximum Gasteiger partial charge on any atom is 0.271 e. The van der Waals surface area contributed by atoms with Crippen molar-refractivity contribution in [3.05, 3.63) is 91.0 Å². The van der Waals surface area contributed by atoms with Crippen LogP contribution in [0.1, 0.15) is 16.7 Å². The summed E-state index contributed by atoms with van der Waals surface area (Å²) in [4.78, 5) is 20.3. The second kappa shape index (κ2) is 7.37. The van der Waals surface area contributed by atoms with Crippen molar-refractivity contribution in [3.63, 3.8) is 0 Å². The number of aromatic nitrogens is 1. The number of hydrogen-bond donors (Lipinski definition) is 0. The second-order valence-corrected chi connectivity index (χ2v) is 7.75. The monoisotopic (exact) mass is 375 g/mol. The molecule has 0 saturated heterocycles. The van der Waals surface area contributed by atoms with Crippen LogP contribution in [0.5, 0.6) is 0 Å². The Kier molecular flexibility index (Phi) is 4.77. The van der Waals surface area contributed by atoms with E-state index in [1.165, 1.54) is 22.5 Å². The van der Waals surface area contributed by atoms with Gasteiger partial charge in [0, 0.05) is 5.69 Å². The highest BCUT2D eigenvalue weighted by atomic mass is 32.1. The lowest BCUT2D eigenvalue weighted by molar-refractivity contribution is 0.569. The first-order chi connectivity index (χ1) is 13.1. The van der Waals surface area contributed by atoms with E-state index in [0.29, 0.717) is 17.9 Å². The van der Waals surface area contributed by atoms with Gasteiger partial charge in [0.25, 0.3) is 5.56 Å². The fourth-order valence-electron chi connectivity index (χ4n) is 3.23. The molecule has 0 amide bonds. The zero-order valence-electron chi connectivity index (χ0n) is 15.4. The van der Waals surface area contributed by atoms with Crippen LogP contribution >= 0.6 is 11.3 Å². The Morgan fingerprint density at radius 1 is 1.07 bits per heavy atom. The topological polar surface area (TPSA) is 37.6 Å². The molecular weight excluding hydrogens is 354 g/mol. The van der Waals surface area contributed by atoms with Gasteiger partial charge >= 0.3 is 0 Å². The molecule has 0 radical (unpaired) electrons. The quantitative estimate of drug-likeness (QED) is 0.706. The predicted octanol–water partition coefficient (Wildman–Crippen LogP) is 3.08. The first-order valence-corrected chi connectivity index (χ1v) is 9.72. The molecule has 1 aliphatic heterocycles. The van der Waals surface area contributed by atoms with E-state index in [9.17, 15) is 4.79 Å². The number of rotatable bonds is 3. The summed E-state index contributed by atoms with van der Waals surface area (Å²) in [5, 5.41) is 0. The molecule has 0 bridgehead atoms. The normalized spacial score (nSPS) is 14.4. The highest BCUT2D eigenvalue weighted by Crippen LogP contribution is 2.19. The largest absolute Gasteiger partial charge is 0.334 e.